The van der Waals surface area contributed by atoms with Crippen molar-refractivity contribution in [3.05, 3.63) is 11.9 Å². The normalized spacial score (nSPS) is 16.4. The van der Waals surface area contributed by atoms with E-state index in [2.05, 4.69) is 20.3 Å². The summed E-state index contributed by atoms with van der Waals surface area (Å²) in [6.45, 7) is 3.55. The molecule has 104 valence electrons. The predicted octanol–water partition coefficient (Wildman–Crippen LogP) is 0.0263. The van der Waals surface area contributed by atoms with Gasteiger partial charge in [0, 0.05) is 31.5 Å². The van der Waals surface area contributed by atoms with Gasteiger partial charge in [-0.15, -0.1) is 0 Å². The van der Waals surface area contributed by atoms with Crippen LogP contribution in [-0.2, 0) is 11.2 Å². The fourth-order valence-electron chi connectivity index (χ4n) is 2.27. The van der Waals surface area contributed by atoms with Crippen molar-refractivity contribution < 1.29 is 4.79 Å². The van der Waals surface area contributed by atoms with Crippen molar-refractivity contribution in [3.63, 3.8) is 0 Å². The SMILES string of the molecule is CCc1nc(NN)cc(N2CCC(C(N)=O)CC2)n1. The Labute approximate surface area is 112 Å². The number of hydrogen-bond acceptors (Lipinski definition) is 6. The summed E-state index contributed by atoms with van der Waals surface area (Å²) in [5, 5.41) is 0. The van der Waals surface area contributed by atoms with Crippen LogP contribution >= 0.6 is 0 Å². The lowest BCUT2D eigenvalue weighted by Crippen LogP contribution is -2.39. The second-order valence-electron chi connectivity index (χ2n) is 4.69. The van der Waals surface area contributed by atoms with E-state index in [1.54, 1.807) is 0 Å². The van der Waals surface area contributed by atoms with Crippen LogP contribution in [0.1, 0.15) is 25.6 Å². The minimum absolute atomic E-state index is 0.0177. The first-order valence-corrected chi connectivity index (χ1v) is 6.53. The van der Waals surface area contributed by atoms with Crippen molar-refractivity contribution in [2.75, 3.05) is 23.4 Å². The molecule has 7 nitrogen and oxygen atoms in total. The van der Waals surface area contributed by atoms with Crippen molar-refractivity contribution in [2.45, 2.75) is 26.2 Å². The highest BCUT2D eigenvalue weighted by Gasteiger charge is 2.24. The Morgan fingerprint density at radius 1 is 1.47 bits per heavy atom. The standard InChI is InChI=1S/C12H20N6O/c1-2-9-15-10(17-14)7-11(16-9)18-5-3-8(4-6-18)12(13)19/h7-8H,2-6,14H2,1H3,(H2,13,19)(H,15,16,17). The lowest BCUT2D eigenvalue weighted by atomic mass is 9.96. The first kappa shape index (κ1) is 13.5. The largest absolute Gasteiger partial charge is 0.369 e. The molecule has 0 aliphatic carbocycles. The number of amides is 1. The van der Waals surface area contributed by atoms with Crippen molar-refractivity contribution >= 4 is 17.5 Å². The van der Waals surface area contributed by atoms with Crippen molar-refractivity contribution in [1.29, 1.82) is 0 Å². The zero-order valence-electron chi connectivity index (χ0n) is 11.1. The lowest BCUT2D eigenvalue weighted by molar-refractivity contribution is -0.122. The molecule has 0 aromatic carbocycles. The number of nitrogen functional groups attached to an aromatic ring is 1. The van der Waals surface area contributed by atoms with Gasteiger partial charge in [0.05, 0.1) is 0 Å². The highest BCUT2D eigenvalue weighted by atomic mass is 16.1. The van der Waals surface area contributed by atoms with E-state index in [1.165, 1.54) is 0 Å². The maximum Gasteiger partial charge on any atom is 0.220 e. The number of carbonyl (C=O) groups is 1. The smallest absolute Gasteiger partial charge is 0.220 e. The number of aromatic nitrogens is 2. The number of anilines is 2. The van der Waals surface area contributed by atoms with Crippen LogP contribution in [0.25, 0.3) is 0 Å². The minimum Gasteiger partial charge on any atom is -0.369 e. The number of piperidine rings is 1. The summed E-state index contributed by atoms with van der Waals surface area (Å²) in [5.41, 5.74) is 7.89. The van der Waals surface area contributed by atoms with Crippen LogP contribution in [0.2, 0.25) is 0 Å². The van der Waals surface area contributed by atoms with Crippen LogP contribution in [0, 0.1) is 5.92 Å². The second kappa shape index (κ2) is 5.83. The van der Waals surface area contributed by atoms with Crippen LogP contribution in [-0.4, -0.2) is 29.0 Å². The number of hydrazine groups is 1. The number of nitrogens with one attached hydrogen (secondary N) is 1. The van der Waals surface area contributed by atoms with E-state index >= 15 is 0 Å². The van der Waals surface area contributed by atoms with Gasteiger partial charge in [-0.1, -0.05) is 6.92 Å². The average molecular weight is 264 g/mol. The molecular formula is C12H20N6O. The summed E-state index contributed by atoms with van der Waals surface area (Å²) in [6, 6.07) is 1.82. The molecule has 5 N–H and O–H groups in total. The number of nitrogens with zero attached hydrogens (tertiary/aromatic N) is 3. The Morgan fingerprint density at radius 2 is 2.16 bits per heavy atom. The van der Waals surface area contributed by atoms with E-state index in [-0.39, 0.29) is 11.8 Å². The average Bonchev–Trinajstić information content (AvgIpc) is 2.46. The first-order chi connectivity index (χ1) is 9.13. The molecule has 1 saturated heterocycles. The van der Waals surface area contributed by atoms with Crippen molar-refractivity contribution in [1.82, 2.24) is 9.97 Å². The molecule has 0 atom stereocenters. The van der Waals surface area contributed by atoms with Gasteiger partial charge in [0.15, 0.2) is 0 Å². The molecule has 0 spiro atoms. The molecule has 2 rings (SSSR count). The van der Waals surface area contributed by atoms with E-state index in [0.29, 0.717) is 5.82 Å². The number of rotatable bonds is 4. The van der Waals surface area contributed by atoms with Crippen LogP contribution in [0.3, 0.4) is 0 Å². The zero-order chi connectivity index (χ0) is 13.8. The summed E-state index contributed by atoms with van der Waals surface area (Å²) in [6.07, 6.45) is 2.29. The van der Waals surface area contributed by atoms with Crippen LogP contribution < -0.4 is 21.9 Å². The molecule has 1 aliphatic rings. The molecule has 0 bridgehead atoms. The van der Waals surface area contributed by atoms with Gasteiger partial charge in [-0.05, 0) is 12.8 Å². The second-order valence-corrected chi connectivity index (χ2v) is 4.69. The molecule has 1 aliphatic heterocycles. The van der Waals surface area contributed by atoms with Gasteiger partial charge in [0.25, 0.3) is 0 Å². The maximum atomic E-state index is 11.1. The van der Waals surface area contributed by atoms with E-state index in [4.69, 9.17) is 11.6 Å². The molecule has 1 aromatic heterocycles. The number of primary amides is 1. The van der Waals surface area contributed by atoms with Gasteiger partial charge >= 0.3 is 0 Å². The van der Waals surface area contributed by atoms with E-state index in [1.807, 2.05) is 13.0 Å². The number of nitrogens with two attached hydrogens (primary N) is 2. The highest BCUT2D eigenvalue weighted by molar-refractivity contribution is 5.77. The van der Waals surface area contributed by atoms with Gasteiger partial charge in [0.1, 0.15) is 17.5 Å². The Bertz CT molecular complexity index is 433. The van der Waals surface area contributed by atoms with Crippen molar-refractivity contribution in [2.24, 2.45) is 17.5 Å². The summed E-state index contributed by atoms with van der Waals surface area (Å²) in [7, 11) is 0. The Morgan fingerprint density at radius 3 is 2.68 bits per heavy atom. The van der Waals surface area contributed by atoms with Gasteiger partial charge in [0.2, 0.25) is 5.91 Å². The molecule has 0 saturated carbocycles. The van der Waals surface area contributed by atoms with E-state index in [9.17, 15) is 4.79 Å². The molecule has 1 fully saturated rings. The molecule has 0 unspecified atom stereocenters. The van der Waals surface area contributed by atoms with Gasteiger partial charge in [-0.3, -0.25) is 4.79 Å². The van der Waals surface area contributed by atoms with Crippen molar-refractivity contribution in [3.8, 4) is 0 Å². The fourth-order valence-corrected chi connectivity index (χ4v) is 2.27. The topological polar surface area (TPSA) is 110 Å². The third-order valence-corrected chi connectivity index (χ3v) is 3.44. The summed E-state index contributed by atoms with van der Waals surface area (Å²) < 4.78 is 0. The monoisotopic (exact) mass is 264 g/mol. The molecule has 1 aromatic rings. The van der Waals surface area contributed by atoms with E-state index in [0.717, 1.165) is 44.0 Å². The zero-order valence-corrected chi connectivity index (χ0v) is 11.1. The number of carbonyl (C=O) groups excluding carboxylic acids is 1. The molecule has 1 amide bonds. The molecule has 19 heavy (non-hydrogen) atoms. The Hall–Kier alpha value is -1.89. The van der Waals surface area contributed by atoms with E-state index < -0.39 is 0 Å². The maximum absolute atomic E-state index is 11.1. The third kappa shape index (κ3) is 3.11. The third-order valence-electron chi connectivity index (χ3n) is 3.44. The first-order valence-electron chi connectivity index (χ1n) is 6.53. The molecule has 2 heterocycles. The Balaban J connectivity index is 2.12. The van der Waals surface area contributed by atoms with Crippen LogP contribution in [0.4, 0.5) is 11.6 Å². The Kier molecular flexibility index (Phi) is 4.16. The summed E-state index contributed by atoms with van der Waals surface area (Å²) in [5.74, 6) is 7.40. The fraction of sp³-hybridized carbons (Fsp3) is 0.583. The van der Waals surface area contributed by atoms with Crippen LogP contribution in [0.5, 0.6) is 0 Å². The summed E-state index contributed by atoms with van der Waals surface area (Å²) in [4.78, 5) is 22.0. The van der Waals surface area contributed by atoms with Crippen LogP contribution in [0.15, 0.2) is 6.07 Å². The molecular weight excluding hydrogens is 244 g/mol. The van der Waals surface area contributed by atoms with Gasteiger partial charge in [-0.25, -0.2) is 15.8 Å². The number of aryl methyl sites for hydroxylation is 1. The lowest BCUT2D eigenvalue weighted by Gasteiger charge is -2.31. The van der Waals surface area contributed by atoms with Gasteiger partial charge in [-0.2, -0.15) is 0 Å². The molecule has 0 radical (unpaired) electrons. The predicted molar refractivity (Wildman–Crippen MR) is 73.4 cm³/mol. The quantitative estimate of drug-likeness (QED) is 0.522. The number of hydrogen-bond donors (Lipinski definition) is 3. The van der Waals surface area contributed by atoms with Gasteiger partial charge < -0.3 is 16.1 Å². The minimum atomic E-state index is -0.208. The summed E-state index contributed by atoms with van der Waals surface area (Å²) >= 11 is 0. The molecule has 7 heteroatoms. The highest BCUT2D eigenvalue weighted by Crippen LogP contribution is 2.23.